The Morgan fingerprint density at radius 2 is 1.94 bits per heavy atom. The number of nitrogens with zero attached hydrogens (tertiary/aromatic N) is 2. The van der Waals surface area contributed by atoms with Crippen molar-refractivity contribution in [3.63, 3.8) is 0 Å². The van der Waals surface area contributed by atoms with E-state index in [0.29, 0.717) is 28.8 Å². The topological polar surface area (TPSA) is 44.1 Å². The van der Waals surface area contributed by atoms with Crippen LogP contribution in [0.25, 0.3) is 22.4 Å². The summed E-state index contributed by atoms with van der Waals surface area (Å²) < 4.78 is 48.0. The highest BCUT2D eigenvalue weighted by molar-refractivity contribution is 6.31. The maximum Gasteiger partial charge on any atom is 0.417 e. The van der Waals surface area contributed by atoms with E-state index in [1.165, 1.54) is 12.1 Å². The predicted octanol–water partition coefficient (Wildman–Crippen LogP) is 7.38. The highest BCUT2D eigenvalue weighted by atomic mass is 35.5. The van der Waals surface area contributed by atoms with Gasteiger partial charge >= 0.3 is 12.1 Å². The summed E-state index contributed by atoms with van der Waals surface area (Å²) in [6.07, 6.45) is -1.82. The van der Waals surface area contributed by atoms with Gasteiger partial charge in [-0.3, -0.25) is 4.79 Å². The smallest absolute Gasteiger partial charge is 0.417 e. The van der Waals surface area contributed by atoms with Crippen LogP contribution in [0.5, 0.6) is 0 Å². The van der Waals surface area contributed by atoms with E-state index in [1.807, 2.05) is 0 Å². The minimum Gasteiger partial charge on any atom is -0.461 e. The fraction of sp³-hybridized carbons (Fsp3) is 0.462. The third-order valence-corrected chi connectivity index (χ3v) is 7.05. The van der Waals surface area contributed by atoms with Crippen molar-refractivity contribution in [2.24, 2.45) is 17.8 Å². The molecule has 0 aliphatic heterocycles. The summed E-state index contributed by atoms with van der Waals surface area (Å²) in [5.41, 5.74) is 0.520. The molecular weight excluding hydrogens is 465 g/mol. The Kier molecular flexibility index (Phi) is 6.94. The van der Waals surface area contributed by atoms with Gasteiger partial charge in [-0.15, -0.1) is 0 Å². The molecule has 0 radical (unpaired) electrons. The number of hydrogen-bond acceptors (Lipinski definition) is 3. The van der Waals surface area contributed by atoms with Crippen LogP contribution in [-0.4, -0.2) is 21.6 Å². The standard InChI is InChI=1S/C26H28ClF3N2O2/c1-15(2)18-10-8-16(3)12-23(18)34-24(33)14-32-22-7-5-4-6-21(22)31-25(32)17-9-11-20(27)19(13-17)26(28,29)30/h4-7,9,11,13,15-16,18,23H,8,10,12,14H2,1-3H3/t16?,18?,23-/m1/s1. The molecule has 0 spiro atoms. The number of ether oxygens (including phenoxy) is 1. The van der Waals surface area contributed by atoms with Crippen LogP contribution < -0.4 is 0 Å². The molecular formula is C26H28ClF3N2O2. The van der Waals surface area contributed by atoms with E-state index < -0.39 is 17.7 Å². The summed E-state index contributed by atoms with van der Waals surface area (Å²) in [6.45, 7) is 6.30. The molecule has 1 aliphatic rings. The summed E-state index contributed by atoms with van der Waals surface area (Å²) in [4.78, 5) is 17.6. The molecule has 0 N–H and O–H groups in total. The summed E-state index contributed by atoms with van der Waals surface area (Å²) in [7, 11) is 0. The van der Waals surface area contributed by atoms with Gasteiger partial charge in [0.05, 0.1) is 21.6 Å². The quantitative estimate of drug-likeness (QED) is 0.349. The van der Waals surface area contributed by atoms with Crippen LogP contribution in [0.4, 0.5) is 13.2 Å². The summed E-state index contributed by atoms with van der Waals surface area (Å²) in [5, 5.41) is -0.385. The molecule has 0 amide bonds. The molecule has 2 unspecified atom stereocenters. The largest absolute Gasteiger partial charge is 0.461 e. The first kappa shape index (κ1) is 24.6. The van der Waals surface area contributed by atoms with Gasteiger partial charge in [-0.2, -0.15) is 13.2 Å². The Morgan fingerprint density at radius 1 is 1.21 bits per heavy atom. The highest BCUT2D eigenvalue weighted by Gasteiger charge is 2.35. The zero-order valence-corrected chi connectivity index (χ0v) is 20.2. The Bertz CT molecular complexity index is 1190. The number of carbonyl (C=O) groups is 1. The van der Waals surface area contributed by atoms with Crippen LogP contribution in [0.1, 0.15) is 45.6 Å². The van der Waals surface area contributed by atoms with E-state index in [2.05, 4.69) is 25.8 Å². The second-order valence-corrected chi connectivity index (χ2v) is 9.96. The Hall–Kier alpha value is -2.54. The Morgan fingerprint density at radius 3 is 2.65 bits per heavy atom. The molecule has 3 atom stereocenters. The number of hydrogen-bond donors (Lipinski definition) is 0. The lowest BCUT2D eigenvalue weighted by Gasteiger charge is -2.36. The number of imidazole rings is 1. The van der Waals surface area contributed by atoms with Crippen LogP contribution in [-0.2, 0) is 22.3 Å². The molecule has 4 rings (SSSR count). The molecule has 4 nitrogen and oxygen atoms in total. The van der Waals surface area contributed by atoms with Gasteiger partial charge in [0.25, 0.3) is 0 Å². The number of alkyl halides is 3. The van der Waals surface area contributed by atoms with Crippen molar-refractivity contribution in [1.82, 2.24) is 9.55 Å². The van der Waals surface area contributed by atoms with Crippen molar-refractivity contribution in [1.29, 1.82) is 0 Å². The number of fused-ring (bicyclic) bond motifs is 1. The summed E-state index contributed by atoms with van der Waals surface area (Å²) in [5.74, 6) is 1.01. The van der Waals surface area contributed by atoms with E-state index in [9.17, 15) is 18.0 Å². The fourth-order valence-electron chi connectivity index (χ4n) is 4.92. The molecule has 2 aromatic carbocycles. The van der Waals surface area contributed by atoms with Crippen LogP contribution >= 0.6 is 11.6 Å². The zero-order valence-electron chi connectivity index (χ0n) is 19.4. The molecule has 1 aromatic heterocycles. The van der Waals surface area contributed by atoms with Gasteiger partial charge in [0, 0.05) is 5.56 Å². The van der Waals surface area contributed by atoms with Crippen molar-refractivity contribution >= 4 is 28.6 Å². The normalized spacial score (nSPS) is 21.2. The second kappa shape index (κ2) is 9.61. The molecule has 1 heterocycles. The lowest BCUT2D eigenvalue weighted by atomic mass is 9.75. The zero-order chi connectivity index (χ0) is 24.6. The average molecular weight is 493 g/mol. The Balaban J connectivity index is 1.68. The van der Waals surface area contributed by atoms with Crippen LogP contribution in [0.15, 0.2) is 42.5 Å². The minimum absolute atomic E-state index is 0.143. The maximum atomic E-state index is 13.5. The molecule has 8 heteroatoms. The summed E-state index contributed by atoms with van der Waals surface area (Å²) >= 11 is 5.81. The van der Waals surface area contributed by atoms with Crippen molar-refractivity contribution in [2.75, 3.05) is 0 Å². The first-order chi connectivity index (χ1) is 16.0. The number of aromatic nitrogens is 2. The van der Waals surface area contributed by atoms with E-state index in [1.54, 1.807) is 28.8 Å². The number of para-hydroxylation sites is 2. The van der Waals surface area contributed by atoms with Crippen LogP contribution in [0, 0.1) is 17.8 Å². The summed E-state index contributed by atoms with van der Waals surface area (Å²) in [6, 6.07) is 10.8. The molecule has 34 heavy (non-hydrogen) atoms. The fourth-order valence-corrected chi connectivity index (χ4v) is 5.15. The molecule has 0 bridgehead atoms. The number of esters is 1. The molecule has 182 valence electrons. The monoisotopic (exact) mass is 492 g/mol. The number of benzene rings is 2. The molecule has 1 fully saturated rings. The van der Waals surface area contributed by atoms with E-state index in [4.69, 9.17) is 16.3 Å². The van der Waals surface area contributed by atoms with E-state index >= 15 is 0 Å². The average Bonchev–Trinajstić information content (AvgIpc) is 3.11. The van der Waals surface area contributed by atoms with Gasteiger partial charge in [0.1, 0.15) is 18.5 Å². The number of carbonyl (C=O) groups excluding carboxylic acids is 1. The minimum atomic E-state index is -4.60. The number of halogens is 4. The first-order valence-corrected chi connectivity index (χ1v) is 11.9. The van der Waals surface area contributed by atoms with Gasteiger partial charge < -0.3 is 9.30 Å². The Labute approximate surface area is 202 Å². The maximum absolute atomic E-state index is 13.5. The molecule has 1 saturated carbocycles. The molecule has 3 aromatic rings. The lowest BCUT2D eigenvalue weighted by Crippen LogP contribution is -2.36. The van der Waals surface area contributed by atoms with Gasteiger partial charge in [-0.1, -0.05) is 50.9 Å². The van der Waals surface area contributed by atoms with Crippen molar-refractivity contribution in [3.8, 4) is 11.4 Å². The molecule has 0 saturated heterocycles. The predicted molar refractivity (Wildman–Crippen MR) is 126 cm³/mol. The SMILES string of the molecule is CC1CCC(C(C)C)[C@H](OC(=O)Cn2c(-c3ccc(Cl)c(C(F)(F)F)c3)nc3ccccc32)C1. The van der Waals surface area contributed by atoms with Crippen molar-refractivity contribution in [3.05, 3.63) is 53.1 Å². The second-order valence-electron chi connectivity index (χ2n) is 9.56. The molecule has 1 aliphatic carbocycles. The van der Waals surface area contributed by atoms with Gasteiger partial charge in [-0.25, -0.2) is 4.98 Å². The van der Waals surface area contributed by atoms with Crippen molar-refractivity contribution < 1.29 is 22.7 Å². The third kappa shape index (κ3) is 5.09. The van der Waals surface area contributed by atoms with E-state index in [-0.39, 0.29) is 29.1 Å². The van der Waals surface area contributed by atoms with E-state index in [0.717, 1.165) is 25.3 Å². The van der Waals surface area contributed by atoms with Gasteiger partial charge in [-0.05, 0) is 60.9 Å². The van der Waals surface area contributed by atoms with Gasteiger partial charge in [0.2, 0.25) is 0 Å². The highest BCUT2D eigenvalue weighted by Crippen LogP contribution is 2.38. The van der Waals surface area contributed by atoms with Crippen LogP contribution in [0.3, 0.4) is 0 Å². The first-order valence-electron chi connectivity index (χ1n) is 11.6. The number of rotatable bonds is 5. The lowest BCUT2D eigenvalue weighted by molar-refractivity contribution is -0.156. The third-order valence-electron chi connectivity index (χ3n) is 6.72. The van der Waals surface area contributed by atoms with Gasteiger partial charge in [0.15, 0.2) is 0 Å². The van der Waals surface area contributed by atoms with Crippen LogP contribution in [0.2, 0.25) is 5.02 Å². The van der Waals surface area contributed by atoms with Crippen molar-refractivity contribution in [2.45, 2.75) is 58.9 Å².